The fraction of sp³-hybridized carbons (Fsp3) is 0.938. The Hall–Kier alpha value is -0.570. The van der Waals surface area contributed by atoms with Gasteiger partial charge in [-0.3, -0.25) is 4.79 Å². The van der Waals surface area contributed by atoms with E-state index in [-0.39, 0.29) is 29.5 Å². The Bertz CT molecular complexity index is 493. The zero-order valence-corrected chi connectivity index (χ0v) is 13.7. The summed E-state index contributed by atoms with van der Waals surface area (Å²) in [6.07, 6.45) is -5.51. The van der Waals surface area contributed by atoms with Gasteiger partial charge in [0, 0.05) is 17.8 Å². The molecule has 0 aromatic carbocycles. The molecule has 0 spiro atoms. The van der Waals surface area contributed by atoms with Gasteiger partial charge in [0.25, 0.3) is 0 Å². The third-order valence-electron chi connectivity index (χ3n) is 6.04. The summed E-state index contributed by atoms with van der Waals surface area (Å²) in [5, 5.41) is 39.0. The summed E-state index contributed by atoms with van der Waals surface area (Å²) in [5.74, 6) is 0.458. The standard InChI is InChI=1S/C16H26O7/c1-7(2)16-4-9(16)15(3,5-10(16)18)23-14-13(21)12(20)11(19)8(6-17)22-14/h7-9,11-14,17,19-21H,4-6H2,1-3H3/t8-,9+,11-,12+,13-,14+,15+,16-/m1/s1. The lowest BCUT2D eigenvalue weighted by Crippen LogP contribution is -2.60. The molecule has 1 aliphatic heterocycles. The first-order valence-electron chi connectivity index (χ1n) is 8.19. The van der Waals surface area contributed by atoms with Gasteiger partial charge in [0.15, 0.2) is 6.29 Å². The quantitative estimate of drug-likeness (QED) is 0.533. The minimum absolute atomic E-state index is 0.0647. The Morgan fingerprint density at radius 1 is 1.26 bits per heavy atom. The van der Waals surface area contributed by atoms with Gasteiger partial charge in [-0.15, -0.1) is 0 Å². The summed E-state index contributed by atoms with van der Waals surface area (Å²) in [5.41, 5.74) is -1.11. The SMILES string of the molecule is CC(C)[C@]12C[C@H]1[C@@](C)(O[C@@H]1O[C@H](CO)[C@@H](O)[C@H](O)[C@H]1O)CC2=O. The lowest BCUT2D eigenvalue weighted by Gasteiger charge is -2.42. The van der Waals surface area contributed by atoms with E-state index in [1.807, 2.05) is 20.8 Å². The van der Waals surface area contributed by atoms with Crippen molar-refractivity contribution in [1.29, 1.82) is 0 Å². The van der Waals surface area contributed by atoms with E-state index in [2.05, 4.69) is 0 Å². The van der Waals surface area contributed by atoms with Crippen LogP contribution in [-0.4, -0.2) is 69.1 Å². The predicted octanol–water partition coefficient (Wildman–Crippen LogP) is -0.803. The van der Waals surface area contributed by atoms with Crippen LogP contribution in [0.4, 0.5) is 0 Å². The lowest BCUT2D eigenvalue weighted by atomic mass is 9.89. The summed E-state index contributed by atoms with van der Waals surface area (Å²) in [4.78, 5) is 12.4. The molecule has 0 bridgehead atoms. The van der Waals surface area contributed by atoms with Crippen LogP contribution in [0.25, 0.3) is 0 Å². The van der Waals surface area contributed by atoms with Crippen molar-refractivity contribution < 1.29 is 34.7 Å². The van der Waals surface area contributed by atoms with Crippen LogP contribution in [0.3, 0.4) is 0 Å². The first kappa shape index (κ1) is 17.3. The average molecular weight is 330 g/mol. The average Bonchev–Trinajstić information content (AvgIpc) is 3.21. The molecule has 7 heteroatoms. The van der Waals surface area contributed by atoms with Gasteiger partial charge in [0.2, 0.25) is 0 Å². The van der Waals surface area contributed by atoms with Gasteiger partial charge in [0.1, 0.15) is 30.2 Å². The van der Waals surface area contributed by atoms with E-state index in [1.165, 1.54) is 0 Å². The highest BCUT2D eigenvalue weighted by Crippen LogP contribution is 2.70. The molecule has 23 heavy (non-hydrogen) atoms. The van der Waals surface area contributed by atoms with Crippen LogP contribution in [0.2, 0.25) is 0 Å². The zero-order chi connectivity index (χ0) is 17.2. The molecule has 0 amide bonds. The molecule has 0 unspecified atom stereocenters. The maximum Gasteiger partial charge on any atom is 0.187 e. The molecular weight excluding hydrogens is 304 g/mol. The van der Waals surface area contributed by atoms with Crippen molar-refractivity contribution in [2.45, 2.75) is 69.9 Å². The van der Waals surface area contributed by atoms with E-state index in [0.29, 0.717) is 0 Å². The van der Waals surface area contributed by atoms with Crippen LogP contribution < -0.4 is 0 Å². The van der Waals surface area contributed by atoms with Gasteiger partial charge in [0.05, 0.1) is 12.2 Å². The fourth-order valence-electron chi connectivity index (χ4n) is 4.47. The van der Waals surface area contributed by atoms with Crippen molar-refractivity contribution >= 4 is 5.78 Å². The molecule has 3 fully saturated rings. The molecule has 7 nitrogen and oxygen atoms in total. The molecule has 0 radical (unpaired) electrons. The number of aliphatic hydroxyl groups is 4. The number of aliphatic hydroxyl groups excluding tert-OH is 4. The predicted molar refractivity (Wildman–Crippen MR) is 78.3 cm³/mol. The third kappa shape index (κ3) is 2.37. The van der Waals surface area contributed by atoms with Crippen molar-refractivity contribution in [3.05, 3.63) is 0 Å². The molecule has 1 saturated heterocycles. The Kier molecular flexibility index (Phi) is 4.11. The smallest absolute Gasteiger partial charge is 0.187 e. The molecular formula is C16H26O7. The van der Waals surface area contributed by atoms with Crippen LogP contribution >= 0.6 is 0 Å². The number of rotatable bonds is 4. The minimum Gasteiger partial charge on any atom is -0.394 e. The number of fused-ring (bicyclic) bond motifs is 1. The number of carbonyl (C=O) groups excluding carboxylic acids is 1. The van der Waals surface area contributed by atoms with Crippen LogP contribution in [0.1, 0.15) is 33.6 Å². The molecule has 1 heterocycles. The number of hydrogen-bond acceptors (Lipinski definition) is 7. The van der Waals surface area contributed by atoms with Gasteiger partial charge in [-0.1, -0.05) is 13.8 Å². The van der Waals surface area contributed by atoms with Crippen LogP contribution in [0.15, 0.2) is 0 Å². The molecule has 3 aliphatic rings. The number of ether oxygens (including phenoxy) is 2. The van der Waals surface area contributed by atoms with E-state index in [1.54, 1.807) is 0 Å². The molecule has 0 aromatic heterocycles. The first-order valence-corrected chi connectivity index (χ1v) is 8.19. The van der Waals surface area contributed by atoms with E-state index < -0.39 is 42.9 Å². The first-order chi connectivity index (χ1) is 10.7. The van der Waals surface area contributed by atoms with Crippen LogP contribution in [-0.2, 0) is 14.3 Å². The molecule has 3 rings (SSSR count). The molecule has 2 saturated carbocycles. The Morgan fingerprint density at radius 3 is 2.39 bits per heavy atom. The van der Waals surface area contributed by atoms with E-state index in [0.717, 1.165) is 6.42 Å². The highest BCUT2D eigenvalue weighted by atomic mass is 16.7. The summed E-state index contributed by atoms with van der Waals surface area (Å²) < 4.78 is 11.3. The number of carbonyl (C=O) groups is 1. The fourth-order valence-corrected chi connectivity index (χ4v) is 4.47. The second kappa shape index (κ2) is 5.47. The minimum atomic E-state index is -1.47. The Morgan fingerprint density at radius 2 is 1.91 bits per heavy atom. The van der Waals surface area contributed by atoms with E-state index in [9.17, 15) is 25.2 Å². The van der Waals surface area contributed by atoms with Gasteiger partial charge in [-0.25, -0.2) is 0 Å². The summed E-state index contributed by atoms with van der Waals surface area (Å²) in [6.45, 7) is 5.38. The van der Waals surface area contributed by atoms with E-state index >= 15 is 0 Å². The van der Waals surface area contributed by atoms with E-state index in [4.69, 9.17) is 9.47 Å². The van der Waals surface area contributed by atoms with Gasteiger partial charge in [-0.05, 0) is 19.3 Å². The second-order valence-electron chi connectivity index (χ2n) is 7.68. The summed E-state index contributed by atoms with van der Waals surface area (Å²) in [7, 11) is 0. The largest absolute Gasteiger partial charge is 0.394 e. The second-order valence-corrected chi connectivity index (χ2v) is 7.68. The normalized spacial score (nSPS) is 52.8. The zero-order valence-electron chi connectivity index (χ0n) is 13.7. The number of Topliss-reactive ketones (excluding diaryl/α,β-unsaturated/α-hetero) is 1. The third-order valence-corrected chi connectivity index (χ3v) is 6.04. The maximum atomic E-state index is 12.4. The molecule has 4 N–H and O–H groups in total. The van der Waals surface area contributed by atoms with Crippen molar-refractivity contribution in [2.24, 2.45) is 17.3 Å². The molecule has 0 aromatic rings. The van der Waals surface area contributed by atoms with Crippen LogP contribution in [0.5, 0.6) is 0 Å². The number of hydrogen-bond donors (Lipinski definition) is 4. The highest BCUT2D eigenvalue weighted by molar-refractivity contribution is 5.93. The monoisotopic (exact) mass is 330 g/mol. The Balaban J connectivity index is 1.76. The number of ketones is 1. The molecule has 132 valence electrons. The topological polar surface area (TPSA) is 116 Å². The van der Waals surface area contributed by atoms with Gasteiger partial charge in [-0.2, -0.15) is 0 Å². The van der Waals surface area contributed by atoms with Crippen molar-refractivity contribution in [3.63, 3.8) is 0 Å². The van der Waals surface area contributed by atoms with Crippen molar-refractivity contribution in [3.8, 4) is 0 Å². The maximum absolute atomic E-state index is 12.4. The van der Waals surface area contributed by atoms with Crippen LogP contribution in [0, 0.1) is 17.3 Å². The van der Waals surface area contributed by atoms with Gasteiger partial charge < -0.3 is 29.9 Å². The summed E-state index contributed by atoms with van der Waals surface area (Å²) in [6, 6.07) is 0. The summed E-state index contributed by atoms with van der Waals surface area (Å²) >= 11 is 0. The lowest BCUT2D eigenvalue weighted by molar-refractivity contribution is -0.326. The van der Waals surface area contributed by atoms with Gasteiger partial charge >= 0.3 is 0 Å². The molecule has 2 aliphatic carbocycles. The Labute approximate surface area is 135 Å². The highest BCUT2D eigenvalue weighted by Gasteiger charge is 2.74. The molecule has 8 atom stereocenters. The van der Waals surface area contributed by atoms with Crippen molar-refractivity contribution in [2.75, 3.05) is 6.61 Å². The van der Waals surface area contributed by atoms with Crippen molar-refractivity contribution in [1.82, 2.24) is 0 Å².